The fourth-order valence-electron chi connectivity index (χ4n) is 2.32. The first-order chi connectivity index (χ1) is 15.6. The number of carbonyl (C=O) groups excluding carboxylic acids is 2. The van der Waals surface area contributed by atoms with Gasteiger partial charge in [0.15, 0.2) is 11.4 Å². The molecule has 0 radical (unpaired) electrons. The summed E-state index contributed by atoms with van der Waals surface area (Å²) in [5, 5.41) is 37.1. The number of rotatable bonds is 8. The van der Waals surface area contributed by atoms with Crippen LogP contribution in [0.5, 0.6) is 0 Å². The molecule has 0 atom stereocenters. The molecule has 0 N–H and O–H groups in total. The van der Waals surface area contributed by atoms with E-state index in [0.717, 1.165) is 9.36 Å². The smallest absolute Gasteiger partial charge is 0.358 e. The Kier molecular flexibility index (Phi) is 5.64. The van der Waals surface area contributed by atoms with Crippen LogP contribution in [-0.4, -0.2) is 75.8 Å². The molecule has 0 aromatic carbocycles. The molecule has 4 heterocycles. The van der Waals surface area contributed by atoms with Crippen LogP contribution < -0.4 is 0 Å². The Labute approximate surface area is 176 Å². The zero-order chi connectivity index (χ0) is 22.5. The van der Waals surface area contributed by atoms with Crippen molar-refractivity contribution in [1.82, 2.24) is 50.6 Å². The summed E-state index contributed by atoms with van der Waals surface area (Å²) in [6, 6.07) is 0. The van der Waals surface area contributed by atoms with E-state index in [0.29, 0.717) is 0 Å². The summed E-state index contributed by atoms with van der Waals surface area (Å²) in [5.41, 5.74) is -0.0750. The van der Waals surface area contributed by atoms with E-state index in [2.05, 4.69) is 60.7 Å². The molecular formula is C14H12N12O6. The summed E-state index contributed by atoms with van der Waals surface area (Å²) in [5.74, 6) is -1.94. The molecule has 0 unspecified atom stereocenters. The van der Waals surface area contributed by atoms with Crippen LogP contribution in [-0.2, 0) is 9.47 Å². The van der Waals surface area contributed by atoms with E-state index in [1.807, 2.05) is 0 Å². The molecule has 0 aliphatic carbocycles. The lowest BCUT2D eigenvalue weighted by Gasteiger charge is -2.02. The monoisotopic (exact) mass is 444 g/mol. The van der Waals surface area contributed by atoms with E-state index >= 15 is 0 Å². The summed E-state index contributed by atoms with van der Waals surface area (Å²) >= 11 is 0. The largest absolute Gasteiger partial charge is 0.461 e. The van der Waals surface area contributed by atoms with Crippen LogP contribution in [0.1, 0.15) is 34.8 Å². The Bertz CT molecular complexity index is 1170. The molecule has 0 bridgehead atoms. The van der Waals surface area contributed by atoms with Crippen molar-refractivity contribution in [3.8, 4) is 11.6 Å². The molecule has 18 heteroatoms. The van der Waals surface area contributed by atoms with Crippen LogP contribution in [0.2, 0.25) is 0 Å². The third-order valence-corrected chi connectivity index (χ3v) is 3.62. The summed E-state index contributed by atoms with van der Waals surface area (Å²) in [6.07, 6.45) is 2.35. The van der Waals surface area contributed by atoms with E-state index in [1.54, 1.807) is 13.8 Å². The molecule has 0 spiro atoms. The third-order valence-electron chi connectivity index (χ3n) is 3.62. The number of esters is 2. The highest BCUT2D eigenvalue weighted by Crippen LogP contribution is 2.25. The van der Waals surface area contributed by atoms with Crippen molar-refractivity contribution in [3.63, 3.8) is 0 Å². The number of azo groups is 1. The lowest BCUT2D eigenvalue weighted by molar-refractivity contribution is 0.0506. The highest BCUT2D eigenvalue weighted by Gasteiger charge is 2.24. The highest BCUT2D eigenvalue weighted by molar-refractivity contribution is 5.88. The fourth-order valence-corrected chi connectivity index (χ4v) is 2.32. The Morgan fingerprint density at radius 3 is 1.66 bits per heavy atom. The quantitative estimate of drug-likeness (QED) is 0.265. The second-order valence-corrected chi connectivity index (χ2v) is 5.53. The van der Waals surface area contributed by atoms with Crippen molar-refractivity contribution < 1.29 is 28.3 Å². The minimum atomic E-state index is -0.691. The molecule has 0 aliphatic heterocycles. The zero-order valence-corrected chi connectivity index (χ0v) is 16.4. The molecule has 0 amide bonds. The number of hydrogen-bond acceptors (Lipinski definition) is 16. The van der Waals surface area contributed by atoms with Crippen molar-refractivity contribution in [2.24, 2.45) is 10.2 Å². The van der Waals surface area contributed by atoms with E-state index in [-0.39, 0.29) is 47.9 Å². The van der Waals surface area contributed by atoms with E-state index in [4.69, 9.17) is 9.47 Å². The molecule has 4 aromatic heterocycles. The van der Waals surface area contributed by atoms with Gasteiger partial charge >= 0.3 is 11.9 Å². The van der Waals surface area contributed by atoms with Gasteiger partial charge in [0.05, 0.1) is 25.6 Å². The first-order valence-corrected chi connectivity index (χ1v) is 8.87. The fraction of sp³-hybridized carbons (Fsp3) is 0.286. The number of nitrogens with zero attached hydrogens (tertiary/aromatic N) is 12. The minimum Gasteiger partial charge on any atom is -0.461 e. The predicted molar refractivity (Wildman–Crippen MR) is 94.5 cm³/mol. The molecule has 0 fully saturated rings. The Morgan fingerprint density at radius 1 is 0.812 bits per heavy atom. The summed E-state index contributed by atoms with van der Waals surface area (Å²) in [7, 11) is 0. The second kappa shape index (κ2) is 8.85. The summed E-state index contributed by atoms with van der Waals surface area (Å²) in [6.45, 7) is 3.59. The third kappa shape index (κ3) is 3.78. The van der Waals surface area contributed by atoms with Crippen LogP contribution >= 0.6 is 0 Å². The van der Waals surface area contributed by atoms with Crippen molar-refractivity contribution in [2.75, 3.05) is 13.2 Å². The highest BCUT2D eigenvalue weighted by atomic mass is 16.6. The standard InChI is InChI=1S/C14H12N12O6/c1-3-29-13(27)7-5-15-23-25(7)11-9(19-31-21-11)17-18-10-12(22-32-20-10)26-8(6-16-24-26)14(28)30-4-2/h5-6H,3-4H2,1-2H3. The lowest BCUT2D eigenvalue weighted by Crippen LogP contribution is -2.12. The van der Waals surface area contributed by atoms with E-state index < -0.39 is 11.9 Å². The van der Waals surface area contributed by atoms with Crippen molar-refractivity contribution in [1.29, 1.82) is 0 Å². The van der Waals surface area contributed by atoms with Crippen molar-refractivity contribution in [2.45, 2.75) is 13.8 Å². The predicted octanol–water partition coefficient (Wildman–Crippen LogP) is 0.383. The SMILES string of the molecule is CCOC(=O)c1cnnn1-c1nonc1N=Nc1nonc1-n1nncc1C(=O)OCC. The first-order valence-electron chi connectivity index (χ1n) is 8.87. The maximum absolute atomic E-state index is 12.0. The summed E-state index contributed by atoms with van der Waals surface area (Å²) in [4.78, 5) is 24.1. The zero-order valence-electron chi connectivity index (χ0n) is 16.4. The normalized spacial score (nSPS) is 11.2. The first kappa shape index (κ1) is 20.4. The lowest BCUT2D eigenvalue weighted by atomic mass is 10.4. The van der Waals surface area contributed by atoms with Gasteiger partial charge in [-0.1, -0.05) is 10.4 Å². The molecule has 0 aliphatic rings. The van der Waals surface area contributed by atoms with Gasteiger partial charge in [-0.25, -0.2) is 18.8 Å². The van der Waals surface area contributed by atoms with Gasteiger partial charge in [0.25, 0.3) is 11.6 Å². The van der Waals surface area contributed by atoms with Gasteiger partial charge in [0, 0.05) is 0 Å². The maximum atomic E-state index is 12.0. The Balaban J connectivity index is 1.64. The average Bonchev–Trinajstić information content (AvgIpc) is 3.58. The van der Waals surface area contributed by atoms with Crippen LogP contribution in [0.15, 0.2) is 31.9 Å². The Morgan fingerprint density at radius 2 is 1.25 bits per heavy atom. The number of carbonyl (C=O) groups is 2. The Hall–Kier alpha value is -4.90. The van der Waals surface area contributed by atoms with Crippen LogP contribution in [0, 0.1) is 0 Å². The van der Waals surface area contributed by atoms with Crippen LogP contribution in [0.4, 0.5) is 11.6 Å². The van der Waals surface area contributed by atoms with E-state index in [1.165, 1.54) is 12.4 Å². The van der Waals surface area contributed by atoms with Gasteiger partial charge in [-0.3, -0.25) is 0 Å². The van der Waals surface area contributed by atoms with Gasteiger partial charge in [0.2, 0.25) is 11.6 Å². The summed E-state index contributed by atoms with van der Waals surface area (Å²) < 4.78 is 21.2. The van der Waals surface area contributed by atoms with Gasteiger partial charge < -0.3 is 9.47 Å². The minimum absolute atomic E-state index is 0.0375. The molecule has 4 rings (SSSR count). The number of aromatic nitrogens is 10. The van der Waals surface area contributed by atoms with Crippen molar-refractivity contribution in [3.05, 3.63) is 23.8 Å². The second-order valence-electron chi connectivity index (χ2n) is 5.53. The molecule has 18 nitrogen and oxygen atoms in total. The van der Waals surface area contributed by atoms with Crippen LogP contribution in [0.25, 0.3) is 11.6 Å². The molecule has 32 heavy (non-hydrogen) atoms. The van der Waals surface area contributed by atoms with Crippen molar-refractivity contribution >= 4 is 23.6 Å². The average molecular weight is 444 g/mol. The van der Waals surface area contributed by atoms with Crippen LogP contribution in [0.3, 0.4) is 0 Å². The van der Waals surface area contributed by atoms with Gasteiger partial charge in [-0.15, -0.1) is 20.4 Å². The molecule has 164 valence electrons. The molecular weight excluding hydrogens is 432 g/mol. The van der Waals surface area contributed by atoms with E-state index in [9.17, 15) is 9.59 Å². The topological polar surface area (TPSA) is 217 Å². The molecule has 0 saturated carbocycles. The van der Waals surface area contributed by atoms with Gasteiger partial charge in [-0.2, -0.15) is 9.36 Å². The van der Waals surface area contributed by atoms with Gasteiger partial charge in [0.1, 0.15) is 0 Å². The number of hydrogen-bond donors (Lipinski definition) is 0. The van der Waals surface area contributed by atoms with Gasteiger partial charge in [-0.05, 0) is 34.5 Å². The maximum Gasteiger partial charge on any atom is 0.358 e. The number of ether oxygens (including phenoxy) is 2. The molecule has 4 aromatic rings. The molecule has 0 saturated heterocycles.